The molecule has 6 nitrogen and oxygen atoms in total. The predicted molar refractivity (Wildman–Crippen MR) is 90.6 cm³/mol. The topological polar surface area (TPSA) is 60.0 Å². The van der Waals surface area contributed by atoms with Crippen LogP contribution in [-0.2, 0) is 11.3 Å². The van der Waals surface area contributed by atoms with E-state index in [0.717, 1.165) is 12.8 Å². The monoisotopic (exact) mass is 388 g/mol. The second-order valence-corrected chi connectivity index (χ2v) is 7.00. The third-order valence-electron chi connectivity index (χ3n) is 4.98. The maximum absolute atomic E-state index is 12.6. The minimum absolute atomic E-state index is 0.129. The molecule has 1 aromatic rings. The van der Waals surface area contributed by atoms with Gasteiger partial charge in [0.15, 0.2) is 0 Å². The van der Waals surface area contributed by atoms with Crippen LogP contribution in [0.4, 0.5) is 18.0 Å². The third kappa shape index (κ3) is 4.77. The van der Waals surface area contributed by atoms with Crippen molar-refractivity contribution in [3.63, 3.8) is 0 Å². The standard InChI is InChI=1S/C18H23F3N2O4/c1-17(12-6-7-12)11-23(8-9-26-17)16(24)22-10-13-14(25-2)4-3-5-15(13)27-18(19,20)21/h3-5,12H,6-11H2,1-2H3,(H,22,24). The highest BCUT2D eigenvalue weighted by Gasteiger charge is 2.46. The largest absolute Gasteiger partial charge is 0.573 e. The maximum atomic E-state index is 12.6. The fourth-order valence-corrected chi connectivity index (χ4v) is 3.41. The van der Waals surface area contributed by atoms with Crippen LogP contribution < -0.4 is 14.8 Å². The fraction of sp³-hybridized carbons (Fsp3) is 0.611. The van der Waals surface area contributed by atoms with Crippen LogP contribution >= 0.6 is 0 Å². The Morgan fingerprint density at radius 3 is 2.70 bits per heavy atom. The highest BCUT2D eigenvalue weighted by molar-refractivity contribution is 5.74. The van der Waals surface area contributed by atoms with Crippen LogP contribution in [0.15, 0.2) is 18.2 Å². The van der Waals surface area contributed by atoms with Gasteiger partial charge in [-0.05, 0) is 37.8 Å². The van der Waals surface area contributed by atoms with Crippen LogP contribution in [0.3, 0.4) is 0 Å². The van der Waals surface area contributed by atoms with Crippen LogP contribution in [0, 0.1) is 5.92 Å². The lowest BCUT2D eigenvalue weighted by Gasteiger charge is -2.40. The number of hydrogen-bond acceptors (Lipinski definition) is 4. The first kappa shape index (κ1) is 19.6. The molecule has 0 radical (unpaired) electrons. The van der Waals surface area contributed by atoms with E-state index in [0.29, 0.717) is 25.6 Å². The number of morpholine rings is 1. The van der Waals surface area contributed by atoms with E-state index in [4.69, 9.17) is 9.47 Å². The molecule has 1 N–H and O–H groups in total. The first-order valence-corrected chi connectivity index (χ1v) is 8.80. The van der Waals surface area contributed by atoms with Gasteiger partial charge < -0.3 is 24.4 Å². The first-order valence-electron chi connectivity index (χ1n) is 8.80. The van der Waals surface area contributed by atoms with Crippen molar-refractivity contribution in [2.75, 3.05) is 26.8 Å². The average Bonchev–Trinajstić information content (AvgIpc) is 3.44. The van der Waals surface area contributed by atoms with E-state index in [1.165, 1.54) is 25.3 Å². The van der Waals surface area contributed by atoms with Crippen LogP contribution in [0.25, 0.3) is 0 Å². The maximum Gasteiger partial charge on any atom is 0.573 e. The van der Waals surface area contributed by atoms with Gasteiger partial charge in [0.2, 0.25) is 0 Å². The summed E-state index contributed by atoms with van der Waals surface area (Å²) in [4.78, 5) is 14.2. The number of carbonyl (C=O) groups is 1. The molecule has 2 amide bonds. The molecule has 0 spiro atoms. The molecule has 9 heteroatoms. The summed E-state index contributed by atoms with van der Waals surface area (Å²) < 4.78 is 53.0. The van der Waals surface area contributed by atoms with Crippen molar-refractivity contribution < 1.29 is 32.2 Å². The second-order valence-electron chi connectivity index (χ2n) is 7.00. The van der Waals surface area contributed by atoms with Crippen molar-refractivity contribution >= 4 is 6.03 Å². The van der Waals surface area contributed by atoms with Crippen molar-refractivity contribution in [2.24, 2.45) is 5.92 Å². The number of halogens is 3. The normalized spacial score (nSPS) is 23.1. The Kier molecular flexibility index (Phi) is 5.41. The summed E-state index contributed by atoms with van der Waals surface area (Å²) in [6.07, 6.45) is -2.65. The summed E-state index contributed by atoms with van der Waals surface area (Å²) in [5.74, 6) is 0.267. The molecule has 3 rings (SSSR count). The molecule has 2 fully saturated rings. The quantitative estimate of drug-likeness (QED) is 0.841. The molecule has 1 heterocycles. The van der Waals surface area contributed by atoms with E-state index in [-0.39, 0.29) is 29.5 Å². The minimum Gasteiger partial charge on any atom is -0.496 e. The summed E-state index contributed by atoms with van der Waals surface area (Å²) in [6.45, 7) is 3.19. The van der Waals surface area contributed by atoms with Crippen LogP contribution in [0.2, 0.25) is 0 Å². The predicted octanol–water partition coefficient (Wildman–Crippen LogP) is 3.30. The van der Waals surface area contributed by atoms with E-state index >= 15 is 0 Å². The Balaban J connectivity index is 1.67. The molecule has 0 bridgehead atoms. The molecule has 27 heavy (non-hydrogen) atoms. The zero-order valence-corrected chi connectivity index (χ0v) is 15.3. The number of methoxy groups -OCH3 is 1. The van der Waals surface area contributed by atoms with E-state index in [9.17, 15) is 18.0 Å². The Labute approximate surface area is 155 Å². The number of benzene rings is 1. The number of nitrogens with one attached hydrogen (secondary N) is 1. The van der Waals surface area contributed by atoms with Gasteiger partial charge in [0.05, 0.1) is 38.0 Å². The number of amides is 2. The number of ether oxygens (including phenoxy) is 3. The van der Waals surface area contributed by atoms with Crippen molar-refractivity contribution in [3.05, 3.63) is 23.8 Å². The number of hydrogen-bond donors (Lipinski definition) is 1. The molecule has 1 atom stereocenters. The van der Waals surface area contributed by atoms with Crippen molar-refractivity contribution in [1.29, 1.82) is 0 Å². The van der Waals surface area contributed by atoms with Crippen LogP contribution in [0.1, 0.15) is 25.3 Å². The van der Waals surface area contributed by atoms with Gasteiger partial charge in [-0.2, -0.15) is 0 Å². The third-order valence-corrected chi connectivity index (χ3v) is 4.98. The number of rotatable bonds is 5. The Bertz CT molecular complexity index is 694. The molecule has 1 unspecified atom stereocenters. The lowest BCUT2D eigenvalue weighted by atomic mass is 9.98. The van der Waals surface area contributed by atoms with Gasteiger partial charge in [0.1, 0.15) is 11.5 Å². The molecule has 1 aromatic carbocycles. The zero-order valence-electron chi connectivity index (χ0n) is 15.3. The van der Waals surface area contributed by atoms with E-state index in [1.807, 2.05) is 6.92 Å². The summed E-state index contributed by atoms with van der Waals surface area (Å²) in [6, 6.07) is 3.75. The van der Waals surface area contributed by atoms with Gasteiger partial charge in [-0.1, -0.05) is 6.07 Å². The van der Waals surface area contributed by atoms with Crippen LogP contribution in [0.5, 0.6) is 11.5 Å². The molecule has 1 aliphatic carbocycles. The van der Waals surface area contributed by atoms with E-state index in [1.54, 1.807) is 4.90 Å². The molecule has 1 saturated carbocycles. The Morgan fingerprint density at radius 2 is 2.07 bits per heavy atom. The Morgan fingerprint density at radius 1 is 1.37 bits per heavy atom. The molecule has 2 aliphatic rings. The van der Waals surface area contributed by atoms with Gasteiger partial charge in [-0.25, -0.2) is 4.79 Å². The SMILES string of the molecule is COc1cccc(OC(F)(F)F)c1CNC(=O)N1CCOC(C)(C2CC2)C1. The molecule has 150 valence electrons. The van der Waals surface area contributed by atoms with E-state index < -0.39 is 12.1 Å². The first-order chi connectivity index (χ1) is 12.7. The Hall–Kier alpha value is -2.16. The van der Waals surface area contributed by atoms with Crippen molar-refractivity contribution in [3.8, 4) is 11.5 Å². The van der Waals surface area contributed by atoms with Gasteiger partial charge in [-0.3, -0.25) is 0 Å². The average molecular weight is 388 g/mol. The molecular formula is C18H23F3N2O4. The summed E-state index contributed by atoms with van der Waals surface area (Å²) >= 11 is 0. The minimum atomic E-state index is -4.83. The highest BCUT2D eigenvalue weighted by atomic mass is 19.4. The van der Waals surface area contributed by atoms with Crippen molar-refractivity contribution in [1.82, 2.24) is 10.2 Å². The van der Waals surface area contributed by atoms with Gasteiger partial charge in [0, 0.05) is 6.54 Å². The van der Waals surface area contributed by atoms with Crippen LogP contribution in [-0.4, -0.2) is 49.7 Å². The second kappa shape index (κ2) is 7.46. The molecule has 1 aliphatic heterocycles. The highest BCUT2D eigenvalue weighted by Crippen LogP contribution is 2.43. The van der Waals surface area contributed by atoms with Gasteiger partial charge in [-0.15, -0.1) is 13.2 Å². The zero-order chi connectivity index (χ0) is 19.7. The summed E-state index contributed by atoms with van der Waals surface area (Å²) in [5, 5.41) is 2.67. The van der Waals surface area contributed by atoms with Gasteiger partial charge >= 0.3 is 12.4 Å². The molecule has 0 aromatic heterocycles. The number of nitrogens with zero attached hydrogens (tertiary/aromatic N) is 1. The smallest absolute Gasteiger partial charge is 0.496 e. The lowest BCUT2D eigenvalue weighted by Crippen LogP contribution is -2.55. The number of urea groups is 1. The lowest BCUT2D eigenvalue weighted by molar-refractivity contribution is -0.274. The summed E-state index contributed by atoms with van der Waals surface area (Å²) in [5.41, 5.74) is -0.228. The molecule has 1 saturated heterocycles. The number of alkyl halides is 3. The molecular weight excluding hydrogens is 365 g/mol. The number of carbonyl (C=O) groups excluding carboxylic acids is 1. The van der Waals surface area contributed by atoms with E-state index in [2.05, 4.69) is 10.1 Å². The van der Waals surface area contributed by atoms with Crippen molar-refractivity contribution in [2.45, 2.75) is 38.3 Å². The summed E-state index contributed by atoms with van der Waals surface area (Å²) in [7, 11) is 1.35. The van der Waals surface area contributed by atoms with Gasteiger partial charge in [0.25, 0.3) is 0 Å². The fourth-order valence-electron chi connectivity index (χ4n) is 3.41.